The van der Waals surface area contributed by atoms with E-state index in [2.05, 4.69) is 25.6 Å². The molecular weight excluding hydrogens is 891 g/mol. The van der Waals surface area contributed by atoms with Gasteiger partial charge in [0.2, 0.25) is 6.23 Å². The SMILES string of the molecule is COC(=O)N[C@H](C(=O)n1cccc1-c1nc2ccc(-c3cnc4n3[C@H](c3ccc(F)cc3F)Oc3cc(-c5cnc(-c6cccn6C(=O)[C@@H](NC(=O)O)c6ccccc6)[nH]5)ccc3-4)cc2[nH]1)C(C)C. The third-order valence-corrected chi connectivity index (χ3v) is 11.9. The van der Waals surface area contributed by atoms with Crippen molar-refractivity contribution in [1.29, 1.82) is 0 Å². The van der Waals surface area contributed by atoms with Crippen molar-refractivity contribution in [3.05, 3.63) is 157 Å². The van der Waals surface area contributed by atoms with Gasteiger partial charge in [-0.1, -0.05) is 56.3 Å². The second-order valence-electron chi connectivity index (χ2n) is 16.5. The summed E-state index contributed by atoms with van der Waals surface area (Å²) in [5.74, 6) is -1.26. The first-order valence-corrected chi connectivity index (χ1v) is 21.6. The number of halogens is 2. The van der Waals surface area contributed by atoms with Gasteiger partial charge in [0.1, 0.15) is 35.3 Å². The molecule has 17 nitrogen and oxygen atoms in total. The van der Waals surface area contributed by atoms with Crippen LogP contribution in [0.25, 0.3) is 68.0 Å². The van der Waals surface area contributed by atoms with Crippen LogP contribution in [0.3, 0.4) is 0 Å². The summed E-state index contributed by atoms with van der Waals surface area (Å²) in [5, 5.41) is 14.5. The number of alkyl carbamates (subject to hydrolysis) is 1. The molecule has 0 unspecified atom stereocenters. The second-order valence-corrected chi connectivity index (χ2v) is 16.5. The predicted molar refractivity (Wildman–Crippen MR) is 248 cm³/mol. The number of amides is 2. The molecule has 0 bridgehead atoms. The summed E-state index contributed by atoms with van der Waals surface area (Å²) in [7, 11) is 1.23. The minimum atomic E-state index is -1.36. The number of nitrogens with one attached hydrogen (secondary N) is 4. The topological polar surface area (TPSA) is 216 Å². The number of carboxylic acid groups (broad SMARTS) is 1. The third-order valence-electron chi connectivity index (χ3n) is 11.9. The van der Waals surface area contributed by atoms with E-state index in [1.165, 1.54) is 28.5 Å². The Bertz CT molecular complexity index is 3460. The van der Waals surface area contributed by atoms with Crippen LogP contribution >= 0.6 is 0 Å². The molecule has 4 aromatic carbocycles. The molecular formula is C50H40F2N10O7. The van der Waals surface area contributed by atoms with Crippen molar-refractivity contribution in [3.8, 4) is 62.7 Å². The van der Waals surface area contributed by atoms with Gasteiger partial charge in [0.05, 0.1) is 58.9 Å². The first kappa shape index (κ1) is 43.7. The van der Waals surface area contributed by atoms with Crippen molar-refractivity contribution in [1.82, 2.24) is 49.3 Å². The van der Waals surface area contributed by atoms with Gasteiger partial charge in [-0.05, 0) is 72.1 Å². The van der Waals surface area contributed by atoms with Crippen molar-refractivity contribution in [2.75, 3.05) is 7.11 Å². The summed E-state index contributed by atoms with van der Waals surface area (Å²) < 4.78 is 46.1. The number of aromatic amines is 2. The number of carbonyl (C=O) groups excluding carboxylic acids is 3. The molecule has 346 valence electrons. The number of H-pyrrole nitrogens is 2. The van der Waals surface area contributed by atoms with Gasteiger partial charge in [-0.15, -0.1) is 0 Å². The summed E-state index contributed by atoms with van der Waals surface area (Å²) in [6.45, 7) is 3.63. The lowest BCUT2D eigenvalue weighted by atomic mass is 10.0. The standard InChI is InChI=1S/C50H40F2N10O7/c1-26(2)41(59-50(67)68-3)46(63)61-20-8-12-38(61)44-55-34-18-14-29(21-35(34)56-44)39-25-54-45-32-16-13-28(22-40(32)69-48(62(39)45)31-17-15-30(51)23-33(31)52)36-24-53-43(57-36)37-11-7-19-60(37)47(64)42(58-49(65)66)27-9-5-4-6-10-27/h4-26,41-42,48,58H,1-3H3,(H,53,57)(H,55,56)(H,59,67)(H,65,66)/t41-,42-,48-/m0/s1. The zero-order valence-corrected chi connectivity index (χ0v) is 36.8. The molecule has 1 aliphatic heterocycles. The highest BCUT2D eigenvalue weighted by atomic mass is 19.1. The van der Waals surface area contributed by atoms with Crippen molar-refractivity contribution in [2.24, 2.45) is 5.92 Å². The smallest absolute Gasteiger partial charge is 0.407 e. The monoisotopic (exact) mass is 930 g/mol. The summed E-state index contributed by atoms with van der Waals surface area (Å²) in [4.78, 5) is 72.1. The lowest BCUT2D eigenvalue weighted by molar-refractivity contribution is 0.0821. The zero-order valence-electron chi connectivity index (χ0n) is 36.8. The molecule has 0 spiro atoms. The first-order valence-electron chi connectivity index (χ1n) is 21.6. The van der Waals surface area contributed by atoms with E-state index in [4.69, 9.17) is 19.4 Å². The number of rotatable bonds is 11. The maximum Gasteiger partial charge on any atom is 0.407 e. The maximum absolute atomic E-state index is 15.8. The molecule has 0 saturated heterocycles. The number of benzene rings is 4. The van der Waals surface area contributed by atoms with E-state index in [1.807, 2.05) is 38.1 Å². The van der Waals surface area contributed by atoms with E-state index in [1.54, 1.807) is 89.9 Å². The Morgan fingerprint density at radius 2 is 1.51 bits per heavy atom. The predicted octanol–water partition coefficient (Wildman–Crippen LogP) is 9.31. The highest BCUT2D eigenvalue weighted by Crippen LogP contribution is 2.45. The van der Waals surface area contributed by atoms with Crippen LogP contribution in [-0.2, 0) is 4.74 Å². The van der Waals surface area contributed by atoms with Gasteiger partial charge in [-0.3, -0.25) is 23.3 Å². The normalized spacial score (nSPS) is 13.9. The Morgan fingerprint density at radius 1 is 0.768 bits per heavy atom. The van der Waals surface area contributed by atoms with E-state index >= 15 is 4.39 Å². The molecule has 2 amide bonds. The molecule has 6 heterocycles. The summed E-state index contributed by atoms with van der Waals surface area (Å²) in [6.07, 6.45) is 3.11. The van der Waals surface area contributed by atoms with Crippen LogP contribution < -0.4 is 15.4 Å². The fourth-order valence-corrected chi connectivity index (χ4v) is 8.53. The Labute approximate surface area is 390 Å². The minimum Gasteiger partial charge on any atom is -0.465 e. The van der Waals surface area contributed by atoms with E-state index in [-0.39, 0.29) is 17.4 Å². The van der Waals surface area contributed by atoms with E-state index in [0.29, 0.717) is 79.3 Å². The van der Waals surface area contributed by atoms with Gasteiger partial charge >= 0.3 is 12.2 Å². The molecule has 0 radical (unpaired) electrons. The number of ether oxygens (including phenoxy) is 2. The number of carbonyl (C=O) groups is 4. The van der Waals surface area contributed by atoms with Crippen LogP contribution in [0.4, 0.5) is 18.4 Å². The lowest BCUT2D eigenvalue weighted by Crippen LogP contribution is -2.46. The van der Waals surface area contributed by atoms with Crippen LogP contribution in [0.2, 0.25) is 0 Å². The summed E-state index contributed by atoms with van der Waals surface area (Å²) >= 11 is 0. The molecule has 3 atom stereocenters. The quantitative estimate of drug-likeness (QED) is 0.0828. The lowest BCUT2D eigenvalue weighted by Gasteiger charge is -2.30. The second kappa shape index (κ2) is 17.6. The first-order chi connectivity index (χ1) is 33.4. The molecule has 5 N–H and O–H groups in total. The van der Waals surface area contributed by atoms with E-state index in [0.717, 1.165) is 12.1 Å². The van der Waals surface area contributed by atoms with Gasteiger partial charge in [-0.2, -0.15) is 0 Å². The molecule has 10 rings (SSSR count). The van der Waals surface area contributed by atoms with Gasteiger partial charge in [0, 0.05) is 35.2 Å². The average Bonchev–Trinajstić information content (AvgIpc) is 4.21. The molecule has 19 heteroatoms. The van der Waals surface area contributed by atoms with Gasteiger partial charge < -0.3 is 35.2 Å². The molecule has 0 saturated carbocycles. The Kier molecular flexibility index (Phi) is 11.2. The van der Waals surface area contributed by atoms with E-state index in [9.17, 15) is 28.7 Å². The Hall–Kier alpha value is -9.13. The van der Waals surface area contributed by atoms with Crippen LogP contribution in [-0.4, -0.2) is 80.9 Å². The minimum absolute atomic E-state index is 0.0464. The number of methoxy groups -OCH3 is 1. The average molecular weight is 931 g/mol. The van der Waals surface area contributed by atoms with Crippen molar-refractivity contribution < 1.29 is 42.5 Å². The van der Waals surface area contributed by atoms with Crippen molar-refractivity contribution >= 4 is 35.0 Å². The molecule has 0 aliphatic carbocycles. The van der Waals surface area contributed by atoms with Crippen LogP contribution in [0.1, 0.15) is 46.8 Å². The molecule has 1 aliphatic rings. The van der Waals surface area contributed by atoms with Gasteiger partial charge in [-0.25, -0.2) is 33.3 Å². The number of hydrogen-bond acceptors (Lipinski definition) is 9. The highest BCUT2D eigenvalue weighted by molar-refractivity contribution is 5.93. The highest BCUT2D eigenvalue weighted by Gasteiger charge is 2.34. The Morgan fingerprint density at radius 3 is 2.23 bits per heavy atom. The number of fused-ring (bicyclic) bond motifs is 4. The number of nitrogens with zero attached hydrogens (tertiary/aromatic N) is 6. The summed E-state index contributed by atoms with van der Waals surface area (Å²) in [6, 6.07) is 27.4. The largest absolute Gasteiger partial charge is 0.465 e. The molecule has 0 fully saturated rings. The number of imidazole rings is 3. The van der Waals surface area contributed by atoms with E-state index < -0.39 is 48.0 Å². The fourth-order valence-electron chi connectivity index (χ4n) is 8.53. The van der Waals surface area contributed by atoms with Gasteiger partial charge in [0.15, 0.2) is 11.6 Å². The number of hydrogen-bond donors (Lipinski definition) is 5. The summed E-state index contributed by atoms with van der Waals surface area (Å²) in [5.41, 5.74) is 5.50. The van der Waals surface area contributed by atoms with Crippen LogP contribution in [0, 0.1) is 17.6 Å². The third kappa shape index (κ3) is 8.04. The number of aromatic nitrogens is 8. The van der Waals surface area contributed by atoms with Gasteiger partial charge in [0.25, 0.3) is 11.8 Å². The Balaban J connectivity index is 0.986. The van der Waals surface area contributed by atoms with Crippen LogP contribution in [0.15, 0.2) is 134 Å². The molecule has 9 aromatic rings. The fraction of sp³-hybridized carbons (Fsp3) is 0.140. The zero-order chi connectivity index (χ0) is 48.1. The molecule has 5 aromatic heterocycles. The van der Waals surface area contributed by atoms with Crippen molar-refractivity contribution in [3.63, 3.8) is 0 Å². The maximum atomic E-state index is 15.8. The molecule has 69 heavy (non-hydrogen) atoms. The van der Waals surface area contributed by atoms with Crippen molar-refractivity contribution in [2.45, 2.75) is 32.2 Å². The van der Waals surface area contributed by atoms with Crippen LogP contribution in [0.5, 0.6) is 5.75 Å².